The molecule has 4 aromatic carbocycles. The molecule has 8 heteroatoms. The van der Waals surface area contributed by atoms with Crippen molar-refractivity contribution >= 4 is 28.7 Å². The molecule has 0 aliphatic rings. The molecule has 0 aliphatic carbocycles. The minimum atomic E-state index is -1.81. The molecule has 0 radical (unpaired) electrons. The number of carboxylic acids is 2. The maximum Gasteiger partial charge on any atom is 0.334 e. The number of nitrogens with zero attached hydrogens (tertiary/aromatic N) is 1. The van der Waals surface area contributed by atoms with Gasteiger partial charge >= 0.3 is 18.0 Å². The van der Waals surface area contributed by atoms with E-state index in [0.717, 1.165) is 26.8 Å². The zero-order chi connectivity index (χ0) is 27.1. The predicted octanol–water partition coefficient (Wildman–Crippen LogP) is 4.16. The number of carbonyl (C=O) groups is 3. The molecule has 4 aromatic rings. The highest BCUT2D eigenvalue weighted by atomic mass is 16.4. The van der Waals surface area contributed by atoms with Crippen LogP contribution in [0.3, 0.4) is 0 Å². The molecular weight excluding hydrogens is 484 g/mol. The fourth-order valence-corrected chi connectivity index (χ4v) is 4.19. The lowest BCUT2D eigenvalue weighted by molar-refractivity contribution is -0.147. The zero-order valence-corrected chi connectivity index (χ0v) is 20.5. The summed E-state index contributed by atoms with van der Waals surface area (Å²) in [4.78, 5) is 37.3. The number of carbonyl (C=O) groups excluding carboxylic acids is 1. The highest BCUT2D eigenvalue weighted by Crippen LogP contribution is 2.25. The molecule has 0 bridgehead atoms. The second kappa shape index (κ2) is 12.0. The number of hydrogen-bond acceptors (Lipinski definition) is 4. The number of aliphatic hydroxyl groups is 1. The normalized spacial score (nSPS) is 12.4. The van der Waals surface area contributed by atoms with Crippen LogP contribution in [0.1, 0.15) is 11.1 Å². The van der Waals surface area contributed by atoms with E-state index in [1.807, 2.05) is 54.6 Å². The van der Waals surface area contributed by atoms with E-state index in [1.54, 1.807) is 30.3 Å². The first-order valence-electron chi connectivity index (χ1n) is 12.1. The quantitative estimate of drug-likeness (QED) is 0.253. The third kappa shape index (κ3) is 6.74. The number of amides is 2. The monoisotopic (exact) mass is 512 g/mol. The van der Waals surface area contributed by atoms with E-state index in [4.69, 9.17) is 5.11 Å². The molecular formula is C30H28N2O6. The van der Waals surface area contributed by atoms with E-state index in [0.29, 0.717) is 11.1 Å². The van der Waals surface area contributed by atoms with Crippen molar-refractivity contribution in [2.45, 2.75) is 25.1 Å². The Hall–Kier alpha value is -4.69. The Morgan fingerprint density at radius 2 is 1.34 bits per heavy atom. The van der Waals surface area contributed by atoms with Crippen LogP contribution in [0.15, 0.2) is 97.1 Å². The van der Waals surface area contributed by atoms with E-state index >= 15 is 0 Å². The van der Waals surface area contributed by atoms with Gasteiger partial charge in [0.15, 0.2) is 6.10 Å². The van der Waals surface area contributed by atoms with Gasteiger partial charge in [-0.2, -0.15) is 0 Å². The topological polar surface area (TPSA) is 127 Å². The fourth-order valence-electron chi connectivity index (χ4n) is 4.19. The van der Waals surface area contributed by atoms with E-state index in [1.165, 1.54) is 0 Å². The maximum atomic E-state index is 13.0. The Morgan fingerprint density at radius 3 is 2.00 bits per heavy atom. The first-order valence-corrected chi connectivity index (χ1v) is 12.1. The Bertz CT molecular complexity index is 1420. The van der Waals surface area contributed by atoms with Gasteiger partial charge in [-0.15, -0.1) is 0 Å². The van der Waals surface area contributed by atoms with Gasteiger partial charge in [0.2, 0.25) is 0 Å². The van der Waals surface area contributed by atoms with Gasteiger partial charge in [-0.1, -0.05) is 91.0 Å². The maximum absolute atomic E-state index is 13.0. The lowest BCUT2D eigenvalue weighted by atomic mass is 9.98. The molecule has 4 N–H and O–H groups in total. The van der Waals surface area contributed by atoms with Crippen molar-refractivity contribution in [2.24, 2.45) is 0 Å². The number of aliphatic hydroxyl groups excluding tert-OH is 1. The number of urea groups is 1. The molecule has 8 nitrogen and oxygen atoms in total. The van der Waals surface area contributed by atoms with Crippen LogP contribution in [0.5, 0.6) is 0 Å². The summed E-state index contributed by atoms with van der Waals surface area (Å²) in [6.07, 6.45) is -1.78. The molecule has 1 unspecified atom stereocenters. The standard InChI is InChI=1S/C30H28N2O6/c33-27(29(36)37)19-32(18-21-6-2-1-3-7-21)30(38)31-26(28(34)35)16-20-10-12-23(13-11-20)25-15-14-22-8-4-5-9-24(22)17-25/h1-15,17,26-27,33H,16,18-19H2,(H,31,38)(H,34,35)(H,36,37)/t26-,27?/m0/s1. The van der Waals surface area contributed by atoms with Crippen LogP contribution in [0.25, 0.3) is 21.9 Å². The lowest BCUT2D eigenvalue weighted by Crippen LogP contribution is -2.51. The van der Waals surface area contributed by atoms with Crippen molar-refractivity contribution in [1.29, 1.82) is 0 Å². The SMILES string of the molecule is O=C(O)C(O)CN(Cc1ccccc1)C(=O)N[C@@H](Cc1ccc(-c2ccc3ccccc3c2)cc1)C(=O)O. The van der Waals surface area contributed by atoms with Crippen molar-refractivity contribution in [2.75, 3.05) is 6.54 Å². The minimum absolute atomic E-state index is 0.00378. The van der Waals surface area contributed by atoms with E-state index in [-0.39, 0.29) is 13.0 Å². The average Bonchev–Trinajstić information content (AvgIpc) is 2.92. The number of hydrogen-bond donors (Lipinski definition) is 4. The van der Waals surface area contributed by atoms with Crippen LogP contribution in [0.2, 0.25) is 0 Å². The first-order chi connectivity index (χ1) is 18.3. The summed E-state index contributed by atoms with van der Waals surface area (Å²) in [6, 6.07) is 28.5. The zero-order valence-electron chi connectivity index (χ0n) is 20.5. The highest BCUT2D eigenvalue weighted by molar-refractivity contribution is 5.87. The summed E-state index contributed by atoms with van der Waals surface area (Å²) in [6.45, 7) is -0.493. The van der Waals surface area contributed by atoms with Gasteiger partial charge in [0.05, 0.1) is 6.54 Å². The molecule has 0 saturated heterocycles. The molecule has 2 atom stereocenters. The number of fused-ring (bicyclic) bond motifs is 1. The smallest absolute Gasteiger partial charge is 0.334 e. The largest absolute Gasteiger partial charge is 0.480 e. The number of rotatable bonds is 10. The van der Waals surface area contributed by atoms with Crippen molar-refractivity contribution in [1.82, 2.24) is 10.2 Å². The molecule has 4 rings (SSSR count). The third-order valence-corrected chi connectivity index (χ3v) is 6.25. The molecule has 0 aliphatic heterocycles. The van der Waals surface area contributed by atoms with E-state index < -0.39 is 36.7 Å². The lowest BCUT2D eigenvalue weighted by Gasteiger charge is -2.26. The summed E-state index contributed by atoms with van der Waals surface area (Å²) in [5, 5.41) is 33.5. The molecule has 2 amide bonds. The summed E-state index contributed by atoms with van der Waals surface area (Å²) >= 11 is 0. The Labute approximate surface area is 219 Å². The summed E-state index contributed by atoms with van der Waals surface area (Å²) in [5.74, 6) is -2.70. The number of nitrogens with one attached hydrogen (secondary N) is 1. The second-order valence-corrected chi connectivity index (χ2v) is 9.02. The predicted molar refractivity (Wildman–Crippen MR) is 144 cm³/mol. The third-order valence-electron chi connectivity index (χ3n) is 6.25. The molecule has 0 aromatic heterocycles. The number of carboxylic acid groups (broad SMARTS) is 2. The molecule has 194 valence electrons. The number of aliphatic carboxylic acids is 2. The van der Waals surface area contributed by atoms with Gasteiger partial charge in [0.25, 0.3) is 0 Å². The van der Waals surface area contributed by atoms with Crippen molar-refractivity contribution < 1.29 is 29.7 Å². The Balaban J connectivity index is 1.47. The summed E-state index contributed by atoms with van der Waals surface area (Å²) in [7, 11) is 0. The van der Waals surface area contributed by atoms with Crippen LogP contribution in [-0.4, -0.2) is 56.9 Å². The fraction of sp³-hybridized carbons (Fsp3) is 0.167. The van der Waals surface area contributed by atoms with Crippen LogP contribution in [-0.2, 0) is 22.6 Å². The summed E-state index contributed by atoms with van der Waals surface area (Å²) < 4.78 is 0. The van der Waals surface area contributed by atoms with Crippen LogP contribution in [0.4, 0.5) is 4.79 Å². The minimum Gasteiger partial charge on any atom is -0.480 e. The number of benzene rings is 4. The van der Waals surface area contributed by atoms with E-state index in [2.05, 4.69) is 17.4 Å². The average molecular weight is 513 g/mol. The van der Waals surface area contributed by atoms with Gasteiger partial charge in [0.1, 0.15) is 6.04 Å². The molecule has 0 fully saturated rings. The Morgan fingerprint density at radius 1 is 0.711 bits per heavy atom. The van der Waals surface area contributed by atoms with Crippen molar-refractivity contribution in [3.8, 4) is 11.1 Å². The van der Waals surface area contributed by atoms with Crippen molar-refractivity contribution in [3.63, 3.8) is 0 Å². The van der Waals surface area contributed by atoms with Crippen LogP contribution < -0.4 is 5.32 Å². The van der Waals surface area contributed by atoms with Crippen LogP contribution in [0, 0.1) is 0 Å². The second-order valence-electron chi connectivity index (χ2n) is 9.02. The Kier molecular flexibility index (Phi) is 8.35. The first kappa shape index (κ1) is 26.4. The highest BCUT2D eigenvalue weighted by Gasteiger charge is 2.27. The van der Waals surface area contributed by atoms with Crippen LogP contribution >= 0.6 is 0 Å². The molecule has 0 saturated carbocycles. The van der Waals surface area contributed by atoms with Gasteiger partial charge in [-0.3, -0.25) is 0 Å². The molecule has 0 heterocycles. The van der Waals surface area contributed by atoms with Gasteiger partial charge in [-0.25, -0.2) is 14.4 Å². The van der Waals surface area contributed by atoms with E-state index in [9.17, 15) is 24.6 Å². The molecule has 0 spiro atoms. The van der Waals surface area contributed by atoms with Gasteiger partial charge in [-0.05, 0) is 39.1 Å². The van der Waals surface area contributed by atoms with Crippen molar-refractivity contribution in [3.05, 3.63) is 108 Å². The molecule has 38 heavy (non-hydrogen) atoms. The van der Waals surface area contributed by atoms with Gasteiger partial charge in [0, 0.05) is 13.0 Å². The summed E-state index contributed by atoms with van der Waals surface area (Å²) in [5.41, 5.74) is 3.43. The van der Waals surface area contributed by atoms with Gasteiger partial charge < -0.3 is 25.5 Å².